The van der Waals surface area contributed by atoms with Crippen LogP contribution in [0.2, 0.25) is 0 Å². The van der Waals surface area contributed by atoms with Crippen molar-refractivity contribution in [2.45, 2.75) is 251 Å². The van der Waals surface area contributed by atoms with E-state index in [2.05, 4.69) is 33.0 Å². The summed E-state index contributed by atoms with van der Waals surface area (Å²) in [7, 11) is 0. The van der Waals surface area contributed by atoms with Crippen LogP contribution in [-0.2, 0) is 28.5 Å². The normalized spacial score (nSPS) is 16.0. The zero-order valence-electron chi connectivity index (χ0n) is 35.0. The van der Waals surface area contributed by atoms with Crippen molar-refractivity contribution in [2.75, 3.05) is 26.3 Å². The second-order valence-electron chi connectivity index (χ2n) is 15.8. The predicted molar refractivity (Wildman–Crippen MR) is 218 cm³/mol. The zero-order valence-corrected chi connectivity index (χ0v) is 35.0. The van der Waals surface area contributed by atoms with E-state index in [-0.39, 0.29) is 43.0 Å². The van der Waals surface area contributed by atoms with Crippen LogP contribution in [-0.4, -0.2) is 62.7 Å². The van der Waals surface area contributed by atoms with Gasteiger partial charge >= 0.3 is 11.9 Å². The molecule has 1 rings (SSSR count). The van der Waals surface area contributed by atoms with Crippen molar-refractivity contribution >= 4 is 11.9 Å². The third-order valence-corrected chi connectivity index (χ3v) is 10.7. The van der Waals surface area contributed by atoms with E-state index in [1.54, 1.807) is 0 Å². The fourth-order valence-corrected chi connectivity index (χ4v) is 7.34. The molecule has 1 saturated heterocycles. The topological polar surface area (TPSA) is 83.1 Å². The van der Waals surface area contributed by atoms with Crippen molar-refractivity contribution in [3.8, 4) is 0 Å². The van der Waals surface area contributed by atoms with Gasteiger partial charge in [0.1, 0.15) is 18.8 Å². The summed E-state index contributed by atoms with van der Waals surface area (Å²) in [5.41, 5.74) is 0. The predicted octanol–water partition coefficient (Wildman–Crippen LogP) is 12.4. The summed E-state index contributed by atoms with van der Waals surface area (Å²) in [4.78, 5) is 25.7. The minimum Gasteiger partial charge on any atom is -0.462 e. The highest BCUT2D eigenvalue weighted by Crippen LogP contribution is 2.20. The number of carbonyl (C=O) groups is 2. The Hall–Kier alpha value is -1.18. The summed E-state index contributed by atoms with van der Waals surface area (Å²) in [6, 6.07) is 0. The molecule has 0 aromatic heterocycles. The number of rotatable bonds is 39. The first-order chi connectivity index (χ1) is 25.5. The van der Waals surface area contributed by atoms with Gasteiger partial charge in [0, 0.05) is 26.1 Å². The fraction of sp³-hybridized carbons (Fsp3) is 0.956. The van der Waals surface area contributed by atoms with Crippen LogP contribution >= 0.6 is 0 Å². The lowest BCUT2D eigenvalue weighted by Gasteiger charge is -2.21. The molecule has 0 unspecified atom stereocenters. The molecule has 52 heavy (non-hydrogen) atoms. The van der Waals surface area contributed by atoms with Crippen molar-refractivity contribution in [2.24, 2.45) is 0 Å². The van der Waals surface area contributed by atoms with Crippen molar-refractivity contribution < 1.29 is 28.5 Å². The number of esters is 2. The summed E-state index contributed by atoms with van der Waals surface area (Å²) < 4.78 is 24.2. The summed E-state index contributed by atoms with van der Waals surface area (Å²) in [6.45, 7) is 10.9. The largest absolute Gasteiger partial charge is 0.462 e. The van der Waals surface area contributed by atoms with Gasteiger partial charge in [-0.2, -0.15) is 0 Å². The number of ether oxygens (including phenoxy) is 4. The molecule has 1 heterocycles. The van der Waals surface area contributed by atoms with E-state index in [0.717, 1.165) is 64.2 Å². The van der Waals surface area contributed by atoms with Gasteiger partial charge < -0.3 is 24.3 Å². The van der Waals surface area contributed by atoms with Crippen LogP contribution in [0.1, 0.15) is 227 Å². The maximum atomic E-state index is 12.9. The van der Waals surface area contributed by atoms with E-state index in [9.17, 15) is 9.59 Å². The van der Waals surface area contributed by atoms with Crippen LogP contribution in [0.4, 0.5) is 0 Å². The molecule has 7 nitrogen and oxygen atoms in total. The lowest BCUT2D eigenvalue weighted by molar-refractivity contribution is -0.159. The van der Waals surface area contributed by atoms with Crippen LogP contribution in [0.25, 0.3) is 0 Å². The number of nitrogens with one attached hydrogen (secondary N) is 1. The maximum Gasteiger partial charge on any atom is 0.332 e. The number of hydrogen-bond donors (Lipinski definition) is 1. The van der Waals surface area contributed by atoms with Gasteiger partial charge in [0.2, 0.25) is 0 Å². The first kappa shape index (κ1) is 48.8. The molecule has 0 bridgehead atoms. The average Bonchev–Trinajstić information content (AvgIpc) is 3.59. The van der Waals surface area contributed by atoms with Crippen LogP contribution in [0.5, 0.6) is 0 Å². The van der Waals surface area contributed by atoms with Crippen LogP contribution in [0.15, 0.2) is 0 Å². The van der Waals surface area contributed by atoms with E-state index in [1.165, 1.54) is 128 Å². The lowest BCUT2D eigenvalue weighted by Crippen LogP contribution is -2.33. The van der Waals surface area contributed by atoms with Gasteiger partial charge in [-0.1, -0.05) is 156 Å². The molecule has 0 radical (unpaired) electrons. The molecule has 0 amide bonds. The minimum atomic E-state index is -0.252. The summed E-state index contributed by atoms with van der Waals surface area (Å²) in [5, 5.41) is 3.35. The maximum absolute atomic E-state index is 12.9. The first-order valence-corrected chi connectivity index (χ1v) is 22.9. The standard InChI is InChI=1S/C45H87NO6/c1-5-9-13-17-21-25-31-40(32-26-22-18-14-10-6-2)51-44(47)35-29-30-36-49-42-37-46-38-43(42)50-39-45(48)52-41(33-27-23-19-15-11-7-3)34-28-24-20-16-12-8-4/h40-43,46H,5-39H2,1-4H3/t42-,43+/m0/s1. The van der Waals surface area contributed by atoms with Crippen LogP contribution < -0.4 is 5.32 Å². The molecule has 1 aliphatic rings. The van der Waals surface area contributed by atoms with E-state index in [0.29, 0.717) is 26.1 Å². The molecule has 0 spiro atoms. The Morgan fingerprint density at radius 3 is 1.25 bits per heavy atom. The molecule has 0 saturated carbocycles. The molecule has 7 heteroatoms. The quantitative estimate of drug-likeness (QED) is 0.0497. The Kier molecular flexibility index (Phi) is 34.5. The van der Waals surface area contributed by atoms with Crippen molar-refractivity contribution in [3.63, 3.8) is 0 Å². The van der Waals surface area contributed by atoms with Gasteiger partial charge in [-0.25, -0.2) is 4.79 Å². The highest BCUT2D eigenvalue weighted by atomic mass is 16.6. The van der Waals surface area contributed by atoms with E-state index in [1.807, 2.05) is 0 Å². The third kappa shape index (κ3) is 29.2. The molecule has 1 fully saturated rings. The van der Waals surface area contributed by atoms with Gasteiger partial charge in [-0.05, 0) is 64.2 Å². The zero-order chi connectivity index (χ0) is 37.7. The Bertz CT molecular complexity index is 762. The Labute approximate surface area is 322 Å². The molecule has 2 atom stereocenters. The van der Waals surface area contributed by atoms with Crippen LogP contribution in [0.3, 0.4) is 0 Å². The third-order valence-electron chi connectivity index (χ3n) is 10.7. The van der Waals surface area contributed by atoms with Gasteiger partial charge in [-0.15, -0.1) is 0 Å². The number of unbranched alkanes of at least 4 members (excludes halogenated alkanes) is 21. The molecule has 308 valence electrons. The number of carbonyl (C=O) groups excluding carboxylic acids is 2. The Morgan fingerprint density at radius 2 is 0.827 bits per heavy atom. The van der Waals surface area contributed by atoms with Gasteiger partial charge in [-0.3, -0.25) is 4.79 Å². The van der Waals surface area contributed by atoms with Gasteiger partial charge in [0.05, 0.1) is 12.2 Å². The molecule has 1 N–H and O–H groups in total. The summed E-state index contributed by atoms with van der Waals surface area (Å²) in [6.07, 6.45) is 35.8. The summed E-state index contributed by atoms with van der Waals surface area (Å²) in [5.74, 6) is -0.312. The minimum absolute atomic E-state index is 0.00438. The highest BCUT2D eigenvalue weighted by Gasteiger charge is 2.29. The van der Waals surface area contributed by atoms with Crippen LogP contribution in [0, 0.1) is 0 Å². The molecular weight excluding hydrogens is 650 g/mol. The summed E-state index contributed by atoms with van der Waals surface area (Å²) >= 11 is 0. The lowest BCUT2D eigenvalue weighted by atomic mass is 10.0. The molecular formula is C45H87NO6. The molecule has 0 aliphatic carbocycles. The van der Waals surface area contributed by atoms with Crippen molar-refractivity contribution in [1.29, 1.82) is 0 Å². The Morgan fingerprint density at radius 1 is 0.462 bits per heavy atom. The monoisotopic (exact) mass is 738 g/mol. The number of hydrogen-bond acceptors (Lipinski definition) is 7. The molecule has 1 aliphatic heterocycles. The first-order valence-electron chi connectivity index (χ1n) is 22.9. The average molecular weight is 738 g/mol. The van der Waals surface area contributed by atoms with E-state index in [4.69, 9.17) is 18.9 Å². The molecule has 0 aromatic carbocycles. The van der Waals surface area contributed by atoms with Crippen molar-refractivity contribution in [3.05, 3.63) is 0 Å². The molecule has 0 aromatic rings. The van der Waals surface area contributed by atoms with E-state index >= 15 is 0 Å². The highest BCUT2D eigenvalue weighted by molar-refractivity contribution is 5.71. The fourth-order valence-electron chi connectivity index (χ4n) is 7.34. The van der Waals surface area contributed by atoms with Crippen molar-refractivity contribution in [1.82, 2.24) is 5.32 Å². The second kappa shape index (κ2) is 36.8. The SMILES string of the molecule is CCCCCCCCC(CCCCCCCC)OC(=O)CCCCO[C@H]1CNC[C@H]1OCC(=O)OC(CCCCCCCC)CCCCCCCC. The van der Waals surface area contributed by atoms with Gasteiger partial charge in [0.25, 0.3) is 0 Å². The smallest absolute Gasteiger partial charge is 0.332 e. The second-order valence-corrected chi connectivity index (χ2v) is 15.8. The van der Waals surface area contributed by atoms with E-state index < -0.39 is 0 Å². The van der Waals surface area contributed by atoms with Gasteiger partial charge in [0.15, 0.2) is 0 Å². The Balaban J connectivity index is 2.37.